The van der Waals surface area contributed by atoms with Crippen molar-refractivity contribution < 1.29 is 12.8 Å². The number of halogens is 1. The first-order valence-corrected chi connectivity index (χ1v) is 8.34. The topological polar surface area (TPSA) is 46.2 Å². The molecule has 0 aromatic heterocycles. The fraction of sp³-hybridized carbons (Fsp3) is 0.571. The molecule has 0 spiro atoms. The molecule has 1 unspecified atom stereocenters. The van der Waals surface area contributed by atoms with Gasteiger partial charge in [0.25, 0.3) is 0 Å². The lowest BCUT2D eigenvalue weighted by Crippen LogP contribution is -2.38. The van der Waals surface area contributed by atoms with E-state index in [0.717, 1.165) is 18.9 Å². The van der Waals surface area contributed by atoms with E-state index in [0.29, 0.717) is 5.92 Å². The maximum atomic E-state index is 13.1. The number of hydrogen-bond donors (Lipinski definition) is 1. The SMILES string of the molecule is CNC(CS(=O)(=O)c1cccc(F)c1)C1CCCC1. The van der Waals surface area contributed by atoms with Crippen LogP contribution in [-0.2, 0) is 9.84 Å². The van der Waals surface area contributed by atoms with Crippen molar-refractivity contribution in [1.82, 2.24) is 5.32 Å². The maximum absolute atomic E-state index is 13.1. The Hall–Kier alpha value is -0.940. The second-order valence-electron chi connectivity index (χ2n) is 5.18. The average molecular weight is 285 g/mol. The summed E-state index contributed by atoms with van der Waals surface area (Å²) in [5.74, 6) is -0.0614. The first kappa shape index (κ1) is 14.5. The molecule has 1 aliphatic rings. The van der Waals surface area contributed by atoms with Gasteiger partial charge in [0.2, 0.25) is 0 Å². The van der Waals surface area contributed by atoms with E-state index in [9.17, 15) is 12.8 Å². The van der Waals surface area contributed by atoms with Gasteiger partial charge in [0, 0.05) is 6.04 Å². The highest BCUT2D eigenvalue weighted by molar-refractivity contribution is 7.91. The van der Waals surface area contributed by atoms with Gasteiger partial charge in [-0.05, 0) is 44.0 Å². The standard InChI is InChI=1S/C14H20FNO2S/c1-16-14(11-5-2-3-6-11)10-19(17,18)13-8-4-7-12(15)9-13/h4,7-9,11,14,16H,2-3,5-6,10H2,1H3. The number of rotatable bonds is 5. The molecule has 5 heteroatoms. The first-order valence-electron chi connectivity index (χ1n) is 6.68. The zero-order chi connectivity index (χ0) is 13.9. The van der Waals surface area contributed by atoms with Crippen LogP contribution >= 0.6 is 0 Å². The van der Waals surface area contributed by atoms with E-state index in [-0.39, 0.29) is 16.7 Å². The number of benzene rings is 1. The molecule has 1 atom stereocenters. The molecular weight excluding hydrogens is 265 g/mol. The molecule has 1 aromatic rings. The van der Waals surface area contributed by atoms with Gasteiger partial charge >= 0.3 is 0 Å². The molecule has 1 aliphatic carbocycles. The van der Waals surface area contributed by atoms with E-state index in [1.165, 1.54) is 31.0 Å². The fourth-order valence-electron chi connectivity index (χ4n) is 2.81. The lowest BCUT2D eigenvalue weighted by Gasteiger charge is -2.22. The summed E-state index contributed by atoms with van der Waals surface area (Å²) in [7, 11) is -1.64. The van der Waals surface area contributed by atoms with Gasteiger partial charge in [0.1, 0.15) is 5.82 Å². The summed E-state index contributed by atoms with van der Waals surface area (Å²) >= 11 is 0. The van der Waals surface area contributed by atoms with E-state index < -0.39 is 15.7 Å². The Kier molecular flexibility index (Phi) is 4.58. The third-order valence-corrected chi connectivity index (χ3v) is 5.66. The summed E-state index contributed by atoms with van der Waals surface area (Å²) in [6.45, 7) is 0. The van der Waals surface area contributed by atoms with E-state index in [1.807, 2.05) is 0 Å². The summed E-state index contributed by atoms with van der Waals surface area (Å²) in [5, 5.41) is 3.11. The Morgan fingerprint density at radius 3 is 2.63 bits per heavy atom. The molecule has 0 radical (unpaired) electrons. The lowest BCUT2D eigenvalue weighted by atomic mass is 10.0. The van der Waals surface area contributed by atoms with Gasteiger partial charge in [-0.3, -0.25) is 0 Å². The Morgan fingerprint density at radius 2 is 2.05 bits per heavy atom. The maximum Gasteiger partial charge on any atom is 0.180 e. The van der Waals surface area contributed by atoms with Crippen LogP contribution in [-0.4, -0.2) is 27.3 Å². The largest absolute Gasteiger partial charge is 0.316 e. The third kappa shape index (κ3) is 3.54. The van der Waals surface area contributed by atoms with E-state index in [2.05, 4.69) is 5.32 Å². The van der Waals surface area contributed by atoms with Gasteiger partial charge in [-0.25, -0.2) is 12.8 Å². The predicted octanol–water partition coefficient (Wildman–Crippen LogP) is 2.38. The average Bonchev–Trinajstić information content (AvgIpc) is 2.90. The molecule has 1 N–H and O–H groups in total. The lowest BCUT2D eigenvalue weighted by molar-refractivity contribution is 0.404. The highest BCUT2D eigenvalue weighted by Gasteiger charge is 2.29. The van der Waals surface area contributed by atoms with Gasteiger partial charge in [-0.2, -0.15) is 0 Å². The monoisotopic (exact) mass is 285 g/mol. The summed E-state index contributed by atoms with van der Waals surface area (Å²) in [5.41, 5.74) is 0. The molecule has 0 amide bonds. The Morgan fingerprint density at radius 1 is 1.37 bits per heavy atom. The van der Waals surface area contributed by atoms with Crippen LogP contribution in [0.25, 0.3) is 0 Å². The molecule has 0 bridgehead atoms. The number of hydrogen-bond acceptors (Lipinski definition) is 3. The second-order valence-corrected chi connectivity index (χ2v) is 7.21. The highest BCUT2D eigenvalue weighted by Crippen LogP contribution is 2.29. The van der Waals surface area contributed by atoms with Crippen LogP contribution < -0.4 is 5.32 Å². The van der Waals surface area contributed by atoms with Crippen LogP contribution in [0.2, 0.25) is 0 Å². The van der Waals surface area contributed by atoms with Crippen LogP contribution in [0.15, 0.2) is 29.2 Å². The summed E-state index contributed by atoms with van der Waals surface area (Å²) < 4.78 is 37.7. The molecule has 1 aromatic carbocycles. The summed E-state index contributed by atoms with van der Waals surface area (Å²) in [6, 6.07) is 5.20. The van der Waals surface area contributed by atoms with Gasteiger partial charge in [0.05, 0.1) is 10.6 Å². The smallest absolute Gasteiger partial charge is 0.180 e. The Bertz CT molecular complexity index is 524. The van der Waals surface area contributed by atoms with Crippen LogP contribution in [0.3, 0.4) is 0 Å². The number of sulfone groups is 1. The van der Waals surface area contributed by atoms with Crippen molar-refractivity contribution in [2.45, 2.75) is 36.6 Å². The molecule has 0 aliphatic heterocycles. The third-order valence-electron chi connectivity index (χ3n) is 3.89. The normalized spacial score (nSPS) is 18.6. The van der Waals surface area contributed by atoms with Crippen molar-refractivity contribution in [3.8, 4) is 0 Å². The molecule has 1 saturated carbocycles. The van der Waals surface area contributed by atoms with Crippen molar-refractivity contribution in [2.24, 2.45) is 5.92 Å². The minimum atomic E-state index is -3.43. The zero-order valence-corrected chi connectivity index (χ0v) is 11.9. The Balaban J connectivity index is 2.15. The van der Waals surface area contributed by atoms with Crippen LogP contribution in [0.5, 0.6) is 0 Å². The molecule has 19 heavy (non-hydrogen) atoms. The predicted molar refractivity (Wildman–Crippen MR) is 73.3 cm³/mol. The molecule has 1 fully saturated rings. The van der Waals surface area contributed by atoms with Crippen molar-refractivity contribution in [3.05, 3.63) is 30.1 Å². The van der Waals surface area contributed by atoms with Crippen molar-refractivity contribution in [2.75, 3.05) is 12.8 Å². The number of nitrogens with one attached hydrogen (secondary N) is 1. The van der Waals surface area contributed by atoms with Gasteiger partial charge in [-0.15, -0.1) is 0 Å². The van der Waals surface area contributed by atoms with Crippen LogP contribution in [0, 0.1) is 11.7 Å². The Labute approximate surface area is 114 Å². The molecule has 106 valence electrons. The molecule has 0 saturated heterocycles. The van der Waals surface area contributed by atoms with E-state index >= 15 is 0 Å². The minimum absolute atomic E-state index is 0.0393. The van der Waals surface area contributed by atoms with Crippen LogP contribution in [0.4, 0.5) is 4.39 Å². The molecular formula is C14H20FNO2S. The molecule has 0 heterocycles. The minimum Gasteiger partial charge on any atom is -0.316 e. The summed E-state index contributed by atoms with van der Waals surface area (Å²) in [4.78, 5) is 0.0748. The van der Waals surface area contributed by atoms with Gasteiger partial charge in [-0.1, -0.05) is 18.9 Å². The van der Waals surface area contributed by atoms with E-state index in [1.54, 1.807) is 7.05 Å². The first-order chi connectivity index (χ1) is 9.03. The molecule has 2 rings (SSSR count). The highest BCUT2D eigenvalue weighted by atomic mass is 32.2. The zero-order valence-electron chi connectivity index (χ0n) is 11.1. The van der Waals surface area contributed by atoms with Crippen molar-refractivity contribution in [1.29, 1.82) is 0 Å². The second kappa shape index (κ2) is 6.01. The summed E-state index contributed by atoms with van der Waals surface area (Å²) in [6.07, 6.45) is 4.49. The van der Waals surface area contributed by atoms with Crippen molar-refractivity contribution >= 4 is 9.84 Å². The van der Waals surface area contributed by atoms with E-state index in [4.69, 9.17) is 0 Å². The van der Waals surface area contributed by atoms with Crippen molar-refractivity contribution in [3.63, 3.8) is 0 Å². The fourth-order valence-corrected chi connectivity index (χ4v) is 4.49. The van der Waals surface area contributed by atoms with Gasteiger partial charge in [0.15, 0.2) is 9.84 Å². The van der Waals surface area contributed by atoms with Gasteiger partial charge < -0.3 is 5.32 Å². The molecule has 3 nitrogen and oxygen atoms in total. The quantitative estimate of drug-likeness (QED) is 0.903. The van der Waals surface area contributed by atoms with Crippen LogP contribution in [0.1, 0.15) is 25.7 Å².